The maximum Gasteiger partial charge on any atom is 0.323 e. The molecule has 0 radical (unpaired) electrons. The number of hydrogen-bond acceptors (Lipinski definition) is 8. The van der Waals surface area contributed by atoms with E-state index in [9.17, 15) is 29.4 Å². The molecule has 0 saturated heterocycles. The highest BCUT2D eigenvalue weighted by molar-refractivity contribution is 6.05. The van der Waals surface area contributed by atoms with E-state index in [2.05, 4.69) is 25.9 Å². The van der Waals surface area contributed by atoms with Gasteiger partial charge in [0.05, 0.1) is 22.8 Å². The number of hydrogen-bond donors (Lipinski definition) is 5. The fourth-order valence-corrected chi connectivity index (χ4v) is 10.1. The van der Waals surface area contributed by atoms with Gasteiger partial charge in [-0.2, -0.15) is 5.10 Å². The zero-order valence-electron chi connectivity index (χ0n) is 34.1. The molecule has 4 heterocycles. The number of carboxylic acids is 2. The van der Waals surface area contributed by atoms with Gasteiger partial charge in [0.25, 0.3) is 11.8 Å². The van der Waals surface area contributed by atoms with Crippen LogP contribution in [0.3, 0.4) is 0 Å². The molecule has 2 aromatic carbocycles. The van der Waals surface area contributed by atoms with Crippen molar-refractivity contribution in [2.24, 2.45) is 17.9 Å². The molecule has 2 amide bonds. The largest absolute Gasteiger partial charge is 0.481 e. The molecular formula is C44H54N8O6. The van der Waals surface area contributed by atoms with Gasteiger partial charge in [-0.3, -0.25) is 34.1 Å². The molecule has 0 spiro atoms. The first kappa shape index (κ1) is 39.5. The third-order valence-corrected chi connectivity index (χ3v) is 13.7. The maximum absolute atomic E-state index is 13.8. The Morgan fingerprint density at radius 1 is 0.914 bits per heavy atom. The van der Waals surface area contributed by atoms with Gasteiger partial charge in [-0.25, -0.2) is 4.98 Å². The lowest BCUT2D eigenvalue weighted by molar-refractivity contribution is -0.148. The molecule has 5 N–H and O–H groups in total. The molecule has 306 valence electrons. The molecule has 2 aromatic heterocycles. The van der Waals surface area contributed by atoms with Crippen LogP contribution in [0.2, 0.25) is 0 Å². The first-order valence-corrected chi connectivity index (χ1v) is 20.5. The van der Waals surface area contributed by atoms with Crippen molar-refractivity contribution in [3.63, 3.8) is 0 Å². The summed E-state index contributed by atoms with van der Waals surface area (Å²) in [4.78, 5) is 58.4. The topological polar surface area (TPSA) is 184 Å². The predicted molar refractivity (Wildman–Crippen MR) is 219 cm³/mol. The first-order valence-electron chi connectivity index (χ1n) is 20.5. The average Bonchev–Trinajstić information content (AvgIpc) is 3.98. The van der Waals surface area contributed by atoms with Crippen molar-refractivity contribution in [2.75, 3.05) is 23.7 Å². The lowest BCUT2D eigenvalue weighted by Gasteiger charge is -2.32. The van der Waals surface area contributed by atoms with Crippen molar-refractivity contribution in [3.8, 4) is 11.1 Å². The van der Waals surface area contributed by atoms with Crippen LogP contribution in [0.5, 0.6) is 0 Å². The summed E-state index contributed by atoms with van der Waals surface area (Å²) in [5.74, 6) is -1.85. The number of aryl methyl sites for hydroxylation is 1. The molecule has 14 heteroatoms. The molecule has 58 heavy (non-hydrogen) atoms. The van der Waals surface area contributed by atoms with Gasteiger partial charge in [0.2, 0.25) is 0 Å². The van der Waals surface area contributed by atoms with Crippen molar-refractivity contribution >= 4 is 35.1 Å². The van der Waals surface area contributed by atoms with E-state index in [1.807, 2.05) is 61.9 Å². The highest BCUT2D eigenvalue weighted by atomic mass is 16.4. The monoisotopic (exact) mass is 790 g/mol. The van der Waals surface area contributed by atoms with E-state index in [0.29, 0.717) is 30.3 Å². The highest BCUT2D eigenvalue weighted by Gasteiger charge is 2.57. The summed E-state index contributed by atoms with van der Waals surface area (Å²) in [7, 11) is 1.90. The number of imidazole rings is 1. The number of aromatic nitrogens is 4. The van der Waals surface area contributed by atoms with Crippen molar-refractivity contribution in [1.29, 1.82) is 0 Å². The second kappa shape index (κ2) is 14.8. The molecule has 14 nitrogen and oxygen atoms in total. The summed E-state index contributed by atoms with van der Waals surface area (Å²) in [6, 6.07) is 13.0. The molecule has 4 aliphatic rings. The third kappa shape index (κ3) is 7.10. The van der Waals surface area contributed by atoms with Gasteiger partial charge in [-0.1, -0.05) is 24.3 Å². The molecule has 2 fully saturated rings. The van der Waals surface area contributed by atoms with E-state index in [-0.39, 0.29) is 29.0 Å². The molecule has 2 aliphatic carbocycles. The molecule has 2 saturated carbocycles. The smallest absolute Gasteiger partial charge is 0.323 e. The van der Waals surface area contributed by atoms with Crippen LogP contribution in [0.4, 0.5) is 11.4 Å². The number of nitrogens with zero attached hydrogens (tertiary/aromatic N) is 5. The van der Waals surface area contributed by atoms with Gasteiger partial charge in [0.1, 0.15) is 5.54 Å². The van der Waals surface area contributed by atoms with E-state index in [1.54, 1.807) is 24.6 Å². The van der Waals surface area contributed by atoms with Crippen molar-refractivity contribution in [2.45, 2.75) is 110 Å². The zero-order chi connectivity index (χ0) is 41.1. The van der Waals surface area contributed by atoms with Gasteiger partial charge in [0, 0.05) is 50.2 Å². The Labute approximate surface area is 338 Å². The normalized spacial score (nSPS) is 22.7. The summed E-state index contributed by atoms with van der Waals surface area (Å²) in [5.41, 5.74) is 6.40. The molecule has 2 aliphatic heterocycles. The second-order valence-corrected chi connectivity index (χ2v) is 17.7. The highest BCUT2D eigenvalue weighted by Crippen LogP contribution is 2.63. The van der Waals surface area contributed by atoms with Crippen LogP contribution in [0, 0.1) is 24.7 Å². The molecule has 2 bridgehead atoms. The fourth-order valence-electron chi connectivity index (χ4n) is 10.1. The van der Waals surface area contributed by atoms with Gasteiger partial charge in [0.15, 0.2) is 11.5 Å². The predicted octanol–water partition coefficient (Wildman–Crippen LogP) is 6.48. The van der Waals surface area contributed by atoms with Gasteiger partial charge in [-0.05, 0) is 131 Å². The standard InChI is InChI=1S/C44H54N8O6/c1-26-28(9-6-11-30(26)46-38(53)33-23-36-32(13-8-20-52(36)49-33)48-42(3,4)40(55)56)29-10-7-12-31(27(29)2)47-39(54)37-45-34-24-51(21-14-35(34)50(37)5)22-19-43-15-17-44(25-43,18-16-43)41(57)58/h6-7,9-12,23,32,48H,8,13-22,24-25H2,1-5H3,(H,46,53)(H,47,54)(H,55,56)(H,57,58). The minimum absolute atomic E-state index is 0.140. The van der Waals surface area contributed by atoms with Crippen molar-refractivity contribution < 1.29 is 29.4 Å². The SMILES string of the molecule is Cc1c(NC(=O)c2cc3n(n2)CCCC3NC(C)(C)C(=O)O)cccc1-c1cccc(NC(=O)c2nc3c(n2C)CCN(CCC24CCC(C(=O)O)(CC2)C4)C3)c1C. The van der Waals surface area contributed by atoms with Gasteiger partial charge < -0.3 is 25.4 Å². The molecular weight excluding hydrogens is 737 g/mol. The van der Waals surface area contributed by atoms with Crippen LogP contribution in [0.1, 0.15) is 121 Å². The minimum atomic E-state index is -1.14. The molecule has 1 atom stereocenters. The summed E-state index contributed by atoms with van der Waals surface area (Å²) in [6.45, 7) is 10.3. The number of carbonyl (C=O) groups is 4. The fraction of sp³-hybridized carbons (Fsp3) is 0.500. The van der Waals surface area contributed by atoms with Crippen LogP contribution in [-0.4, -0.2) is 76.8 Å². The Hall–Kier alpha value is -5.34. The lowest BCUT2D eigenvalue weighted by atomic mass is 9.80. The zero-order valence-corrected chi connectivity index (χ0v) is 34.1. The van der Waals surface area contributed by atoms with Crippen LogP contribution < -0.4 is 16.0 Å². The number of amides is 2. The van der Waals surface area contributed by atoms with E-state index in [1.165, 1.54) is 0 Å². The van der Waals surface area contributed by atoms with Crippen molar-refractivity contribution in [1.82, 2.24) is 29.5 Å². The van der Waals surface area contributed by atoms with Crippen LogP contribution in [-0.2, 0) is 36.1 Å². The number of anilines is 2. The van der Waals surface area contributed by atoms with Gasteiger partial charge >= 0.3 is 11.9 Å². The molecule has 8 rings (SSSR count). The number of aliphatic carboxylic acids is 2. The number of rotatable bonds is 12. The van der Waals surface area contributed by atoms with Gasteiger partial charge in [-0.15, -0.1) is 0 Å². The first-order chi connectivity index (χ1) is 27.6. The van der Waals surface area contributed by atoms with E-state index in [4.69, 9.17) is 4.98 Å². The van der Waals surface area contributed by atoms with E-state index < -0.39 is 22.9 Å². The lowest BCUT2D eigenvalue weighted by Crippen LogP contribution is -2.49. The number of carboxylic acid groups (broad SMARTS) is 2. The Morgan fingerprint density at radius 2 is 1.57 bits per heavy atom. The Balaban J connectivity index is 0.937. The minimum Gasteiger partial charge on any atom is -0.481 e. The third-order valence-electron chi connectivity index (χ3n) is 13.7. The molecule has 1 unspecified atom stereocenters. The Morgan fingerprint density at radius 3 is 2.19 bits per heavy atom. The number of carbonyl (C=O) groups excluding carboxylic acids is 2. The van der Waals surface area contributed by atoms with E-state index in [0.717, 1.165) is 110 Å². The summed E-state index contributed by atoms with van der Waals surface area (Å²) in [5, 5.41) is 33.5. The van der Waals surface area contributed by atoms with Crippen LogP contribution in [0.15, 0.2) is 42.5 Å². The average molecular weight is 791 g/mol. The summed E-state index contributed by atoms with van der Waals surface area (Å²) in [6.07, 6.45) is 7.75. The quantitative estimate of drug-likeness (QED) is 0.107. The summed E-state index contributed by atoms with van der Waals surface area (Å²) >= 11 is 0. The van der Waals surface area contributed by atoms with Crippen LogP contribution in [0.25, 0.3) is 11.1 Å². The maximum atomic E-state index is 13.8. The Bertz CT molecular complexity index is 2320. The second-order valence-electron chi connectivity index (χ2n) is 17.7. The Kier molecular flexibility index (Phi) is 10.1. The number of fused-ring (bicyclic) bond motifs is 4. The molecule has 4 aromatic rings. The number of benzene rings is 2. The van der Waals surface area contributed by atoms with Crippen LogP contribution >= 0.6 is 0 Å². The summed E-state index contributed by atoms with van der Waals surface area (Å²) < 4.78 is 3.70. The van der Waals surface area contributed by atoms with Crippen molar-refractivity contribution in [3.05, 3.63) is 82.2 Å². The number of nitrogens with one attached hydrogen (secondary N) is 3. The van der Waals surface area contributed by atoms with E-state index >= 15 is 0 Å².